The summed E-state index contributed by atoms with van der Waals surface area (Å²) in [6.07, 6.45) is 3.40. The maximum Gasteiger partial charge on any atom is 0.148 e. The van der Waals surface area contributed by atoms with Gasteiger partial charge in [-0.3, -0.25) is 4.98 Å². The standard InChI is InChI=1S/C15H10N4/c16-10-12-6-3-9-18-15(12)19-13-7-1-4-11-5-2-8-17-14(11)13/h1-9H,(H,18,19). The summed E-state index contributed by atoms with van der Waals surface area (Å²) in [5.41, 5.74) is 2.21. The maximum absolute atomic E-state index is 9.06. The molecular formula is C15H10N4. The van der Waals surface area contributed by atoms with Crippen LogP contribution in [-0.4, -0.2) is 9.97 Å². The van der Waals surface area contributed by atoms with Gasteiger partial charge in [0.25, 0.3) is 0 Å². The summed E-state index contributed by atoms with van der Waals surface area (Å²) in [5, 5.41) is 13.3. The van der Waals surface area contributed by atoms with E-state index in [1.165, 1.54) is 0 Å². The third-order valence-corrected chi connectivity index (χ3v) is 2.81. The van der Waals surface area contributed by atoms with Crippen LogP contribution in [0.25, 0.3) is 10.9 Å². The molecule has 0 spiro atoms. The summed E-state index contributed by atoms with van der Waals surface area (Å²) in [6.45, 7) is 0. The second-order valence-corrected chi connectivity index (χ2v) is 4.02. The first-order valence-electron chi connectivity index (χ1n) is 5.84. The van der Waals surface area contributed by atoms with Crippen molar-refractivity contribution in [1.29, 1.82) is 5.26 Å². The van der Waals surface area contributed by atoms with Crippen LogP contribution >= 0.6 is 0 Å². The molecule has 0 saturated carbocycles. The Morgan fingerprint density at radius 2 is 1.74 bits per heavy atom. The van der Waals surface area contributed by atoms with Crippen LogP contribution in [0.4, 0.5) is 11.5 Å². The molecule has 2 heterocycles. The lowest BCUT2D eigenvalue weighted by Gasteiger charge is -2.09. The number of fused-ring (bicyclic) bond motifs is 1. The van der Waals surface area contributed by atoms with Crippen molar-refractivity contribution in [2.24, 2.45) is 0 Å². The number of benzene rings is 1. The van der Waals surface area contributed by atoms with Gasteiger partial charge >= 0.3 is 0 Å². The molecule has 19 heavy (non-hydrogen) atoms. The Bertz CT molecular complexity index is 769. The molecule has 0 fully saturated rings. The Hall–Kier alpha value is -2.93. The van der Waals surface area contributed by atoms with Gasteiger partial charge in [-0.1, -0.05) is 18.2 Å². The Labute approximate surface area is 110 Å². The van der Waals surface area contributed by atoms with Gasteiger partial charge in [0.15, 0.2) is 0 Å². The van der Waals surface area contributed by atoms with Crippen LogP contribution in [0.15, 0.2) is 54.9 Å². The van der Waals surface area contributed by atoms with E-state index in [2.05, 4.69) is 21.4 Å². The van der Waals surface area contributed by atoms with Crippen molar-refractivity contribution in [3.8, 4) is 6.07 Å². The fraction of sp³-hybridized carbons (Fsp3) is 0. The molecule has 2 aromatic heterocycles. The Morgan fingerprint density at radius 1 is 0.947 bits per heavy atom. The lowest BCUT2D eigenvalue weighted by Crippen LogP contribution is -1.97. The van der Waals surface area contributed by atoms with Crippen molar-refractivity contribution in [1.82, 2.24) is 9.97 Å². The molecule has 0 aliphatic carbocycles. The number of pyridine rings is 2. The number of nitrogens with one attached hydrogen (secondary N) is 1. The molecule has 0 radical (unpaired) electrons. The predicted molar refractivity (Wildman–Crippen MR) is 74.0 cm³/mol. The molecule has 3 rings (SSSR count). The average molecular weight is 246 g/mol. The summed E-state index contributed by atoms with van der Waals surface area (Å²) < 4.78 is 0. The molecule has 90 valence electrons. The zero-order chi connectivity index (χ0) is 13.1. The van der Waals surface area contributed by atoms with E-state index in [-0.39, 0.29) is 0 Å². The first-order valence-corrected chi connectivity index (χ1v) is 5.84. The van der Waals surface area contributed by atoms with E-state index in [4.69, 9.17) is 5.26 Å². The number of para-hydroxylation sites is 1. The highest BCUT2D eigenvalue weighted by atomic mass is 15.0. The number of nitrogens with zero attached hydrogens (tertiary/aromatic N) is 3. The second kappa shape index (κ2) is 4.75. The van der Waals surface area contributed by atoms with Gasteiger partial charge in [0.1, 0.15) is 11.9 Å². The van der Waals surface area contributed by atoms with Crippen LogP contribution in [0.2, 0.25) is 0 Å². The number of hydrogen-bond donors (Lipinski definition) is 1. The lowest BCUT2D eigenvalue weighted by atomic mass is 10.2. The maximum atomic E-state index is 9.06. The first kappa shape index (κ1) is 11.2. The lowest BCUT2D eigenvalue weighted by molar-refractivity contribution is 1.28. The van der Waals surface area contributed by atoms with Crippen molar-refractivity contribution < 1.29 is 0 Å². The molecule has 0 aliphatic heterocycles. The van der Waals surface area contributed by atoms with Crippen molar-refractivity contribution >= 4 is 22.4 Å². The van der Waals surface area contributed by atoms with Crippen molar-refractivity contribution in [2.75, 3.05) is 5.32 Å². The van der Waals surface area contributed by atoms with E-state index in [1.807, 2.05) is 30.3 Å². The third kappa shape index (κ3) is 2.09. The summed E-state index contributed by atoms with van der Waals surface area (Å²) in [4.78, 5) is 8.55. The van der Waals surface area contributed by atoms with E-state index in [0.717, 1.165) is 16.6 Å². The minimum atomic E-state index is 0.510. The minimum absolute atomic E-state index is 0.510. The van der Waals surface area contributed by atoms with Crippen LogP contribution in [-0.2, 0) is 0 Å². The molecule has 0 atom stereocenters. The highest BCUT2D eigenvalue weighted by Gasteiger charge is 2.06. The van der Waals surface area contributed by atoms with E-state index in [0.29, 0.717) is 11.4 Å². The molecule has 1 aromatic carbocycles. The van der Waals surface area contributed by atoms with Crippen LogP contribution < -0.4 is 5.32 Å². The van der Waals surface area contributed by atoms with E-state index in [1.54, 1.807) is 24.5 Å². The van der Waals surface area contributed by atoms with Gasteiger partial charge in [-0.2, -0.15) is 5.26 Å². The molecule has 0 unspecified atom stereocenters. The van der Waals surface area contributed by atoms with Gasteiger partial charge in [0.2, 0.25) is 0 Å². The van der Waals surface area contributed by atoms with Crippen molar-refractivity contribution in [3.05, 3.63) is 60.4 Å². The molecule has 0 saturated heterocycles. The van der Waals surface area contributed by atoms with Gasteiger partial charge < -0.3 is 5.32 Å². The van der Waals surface area contributed by atoms with Crippen LogP contribution in [0.1, 0.15) is 5.56 Å². The molecule has 4 nitrogen and oxygen atoms in total. The number of nitriles is 1. The average Bonchev–Trinajstić information content (AvgIpc) is 2.48. The van der Waals surface area contributed by atoms with Gasteiger partial charge in [-0.15, -0.1) is 0 Å². The minimum Gasteiger partial charge on any atom is -0.337 e. The normalized spacial score (nSPS) is 10.1. The predicted octanol–water partition coefficient (Wildman–Crippen LogP) is 3.25. The first-order chi connectivity index (χ1) is 9.38. The summed E-state index contributed by atoms with van der Waals surface area (Å²) >= 11 is 0. The Morgan fingerprint density at radius 3 is 2.63 bits per heavy atom. The second-order valence-electron chi connectivity index (χ2n) is 4.02. The van der Waals surface area contributed by atoms with Gasteiger partial charge in [-0.25, -0.2) is 4.98 Å². The topological polar surface area (TPSA) is 61.6 Å². The SMILES string of the molecule is N#Cc1cccnc1Nc1cccc2cccnc12. The zero-order valence-electron chi connectivity index (χ0n) is 10.0. The van der Waals surface area contributed by atoms with Crippen molar-refractivity contribution in [3.63, 3.8) is 0 Å². The number of rotatable bonds is 2. The van der Waals surface area contributed by atoms with E-state index in [9.17, 15) is 0 Å². The zero-order valence-corrected chi connectivity index (χ0v) is 10.0. The van der Waals surface area contributed by atoms with Crippen LogP contribution in [0.3, 0.4) is 0 Å². The quantitative estimate of drug-likeness (QED) is 0.754. The monoisotopic (exact) mass is 246 g/mol. The molecule has 0 aliphatic rings. The number of anilines is 2. The largest absolute Gasteiger partial charge is 0.337 e. The molecular weight excluding hydrogens is 236 g/mol. The van der Waals surface area contributed by atoms with E-state index < -0.39 is 0 Å². The Kier molecular flexibility index (Phi) is 2.79. The van der Waals surface area contributed by atoms with Gasteiger partial charge in [0, 0.05) is 17.8 Å². The highest BCUT2D eigenvalue weighted by Crippen LogP contribution is 2.24. The molecule has 0 bridgehead atoms. The van der Waals surface area contributed by atoms with Crippen molar-refractivity contribution in [2.45, 2.75) is 0 Å². The van der Waals surface area contributed by atoms with Crippen LogP contribution in [0.5, 0.6) is 0 Å². The van der Waals surface area contributed by atoms with Gasteiger partial charge in [-0.05, 0) is 24.3 Å². The van der Waals surface area contributed by atoms with Crippen LogP contribution in [0, 0.1) is 11.3 Å². The molecule has 3 aromatic rings. The summed E-state index contributed by atoms with van der Waals surface area (Å²) in [7, 11) is 0. The summed E-state index contributed by atoms with van der Waals surface area (Å²) in [5.74, 6) is 0.545. The fourth-order valence-corrected chi connectivity index (χ4v) is 1.93. The Balaban J connectivity index is 2.09. The van der Waals surface area contributed by atoms with E-state index >= 15 is 0 Å². The molecule has 0 amide bonds. The summed E-state index contributed by atoms with van der Waals surface area (Å²) in [6, 6.07) is 15.3. The molecule has 1 N–H and O–H groups in total. The third-order valence-electron chi connectivity index (χ3n) is 2.81. The number of hydrogen-bond acceptors (Lipinski definition) is 4. The highest BCUT2D eigenvalue weighted by molar-refractivity contribution is 5.91. The van der Waals surface area contributed by atoms with Gasteiger partial charge in [0.05, 0.1) is 16.8 Å². The fourth-order valence-electron chi connectivity index (χ4n) is 1.93. The smallest absolute Gasteiger partial charge is 0.148 e. The number of aromatic nitrogens is 2. The molecule has 4 heteroatoms.